The number of aromatic nitrogens is 3. The van der Waals surface area contributed by atoms with Crippen molar-refractivity contribution in [1.29, 1.82) is 0 Å². The normalized spacial score (nSPS) is 25.0. The zero-order valence-corrected chi connectivity index (χ0v) is 12.8. The second-order valence-corrected chi connectivity index (χ2v) is 7.61. The van der Waals surface area contributed by atoms with Crippen LogP contribution in [0.15, 0.2) is 6.20 Å². The molecule has 1 aromatic rings. The predicted octanol–water partition coefficient (Wildman–Crippen LogP) is -0.668. The molecular weight excluding hydrogens is 294 g/mol. The summed E-state index contributed by atoms with van der Waals surface area (Å²) in [5, 5.41) is 8.07. The van der Waals surface area contributed by atoms with Crippen LogP contribution < -0.4 is 9.80 Å². The first-order valence-electron chi connectivity index (χ1n) is 7.01. The molecule has 3 heterocycles. The minimum atomic E-state index is -2.91. The zero-order chi connectivity index (χ0) is 14.9. The summed E-state index contributed by atoms with van der Waals surface area (Å²) < 4.78 is 28.5. The van der Waals surface area contributed by atoms with Crippen molar-refractivity contribution >= 4 is 21.6 Å². The standard InChI is InChI=1S/C12H19N5O3S/c1-16(10-2-7-21(18,19)9-10)11-8-13-15-12(14-11)17-3-5-20-6-4-17/h8,10H,2-7,9H2,1H3. The maximum atomic E-state index is 11.6. The van der Waals surface area contributed by atoms with Gasteiger partial charge in [0.25, 0.3) is 0 Å². The quantitative estimate of drug-likeness (QED) is 0.726. The van der Waals surface area contributed by atoms with Crippen LogP contribution in [0.2, 0.25) is 0 Å². The second kappa shape index (κ2) is 5.72. The molecule has 1 aromatic heterocycles. The summed E-state index contributed by atoms with van der Waals surface area (Å²) in [7, 11) is -1.05. The van der Waals surface area contributed by atoms with E-state index in [1.807, 2.05) is 16.8 Å². The Morgan fingerprint density at radius 3 is 2.81 bits per heavy atom. The van der Waals surface area contributed by atoms with Gasteiger partial charge in [0.05, 0.1) is 30.9 Å². The average Bonchev–Trinajstić information content (AvgIpc) is 2.88. The Morgan fingerprint density at radius 1 is 1.38 bits per heavy atom. The zero-order valence-electron chi connectivity index (χ0n) is 12.0. The van der Waals surface area contributed by atoms with E-state index in [1.165, 1.54) is 0 Å². The topological polar surface area (TPSA) is 88.5 Å². The number of hydrogen-bond donors (Lipinski definition) is 0. The summed E-state index contributed by atoms with van der Waals surface area (Å²) in [6.45, 7) is 2.80. The molecule has 0 aliphatic carbocycles. The number of sulfone groups is 1. The SMILES string of the molecule is CN(c1cnnc(N2CCOCC2)n1)C1CCS(=O)(=O)C1. The summed E-state index contributed by atoms with van der Waals surface area (Å²) in [5.41, 5.74) is 0. The van der Waals surface area contributed by atoms with Crippen LogP contribution in [0.3, 0.4) is 0 Å². The highest BCUT2D eigenvalue weighted by atomic mass is 32.2. The van der Waals surface area contributed by atoms with E-state index in [0.717, 1.165) is 13.1 Å². The monoisotopic (exact) mass is 313 g/mol. The molecule has 2 saturated heterocycles. The summed E-state index contributed by atoms with van der Waals surface area (Å²) in [6.07, 6.45) is 2.21. The van der Waals surface area contributed by atoms with Gasteiger partial charge >= 0.3 is 0 Å². The summed E-state index contributed by atoms with van der Waals surface area (Å²) in [4.78, 5) is 8.44. The Hall–Kier alpha value is -1.48. The number of anilines is 2. The smallest absolute Gasteiger partial charge is 0.247 e. The molecule has 0 saturated carbocycles. The first-order valence-corrected chi connectivity index (χ1v) is 8.83. The van der Waals surface area contributed by atoms with E-state index in [-0.39, 0.29) is 17.5 Å². The number of rotatable bonds is 3. The van der Waals surface area contributed by atoms with E-state index in [2.05, 4.69) is 15.2 Å². The van der Waals surface area contributed by atoms with E-state index in [4.69, 9.17) is 4.74 Å². The van der Waals surface area contributed by atoms with E-state index < -0.39 is 9.84 Å². The number of ether oxygens (including phenoxy) is 1. The average molecular weight is 313 g/mol. The molecule has 0 aromatic carbocycles. The van der Waals surface area contributed by atoms with E-state index in [1.54, 1.807) is 6.20 Å². The van der Waals surface area contributed by atoms with E-state index in [0.29, 0.717) is 31.4 Å². The molecule has 1 atom stereocenters. The van der Waals surface area contributed by atoms with E-state index >= 15 is 0 Å². The van der Waals surface area contributed by atoms with Crippen molar-refractivity contribution in [2.45, 2.75) is 12.5 Å². The minimum Gasteiger partial charge on any atom is -0.378 e. The van der Waals surface area contributed by atoms with Crippen molar-refractivity contribution in [3.8, 4) is 0 Å². The van der Waals surface area contributed by atoms with Crippen LogP contribution in [0.1, 0.15) is 6.42 Å². The fraction of sp³-hybridized carbons (Fsp3) is 0.750. The fourth-order valence-corrected chi connectivity index (χ4v) is 4.40. The molecule has 0 bridgehead atoms. The molecule has 2 aliphatic heterocycles. The van der Waals surface area contributed by atoms with Gasteiger partial charge in [0.15, 0.2) is 15.7 Å². The number of hydrogen-bond acceptors (Lipinski definition) is 8. The van der Waals surface area contributed by atoms with Crippen LogP contribution >= 0.6 is 0 Å². The van der Waals surface area contributed by atoms with Crippen LogP contribution in [0.4, 0.5) is 11.8 Å². The maximum absolute atomic E-state index is 11.6. The van der Waals surface area contributed by atoms with Crippen LogP contribution in [0.5, 0.6) is 0 Å². The van der Waals surface area contributed by atoms with Gasteiger partial charge in [-0.15, -0.1) is 5.10 Å². The highest BCUT2D eigenvalue weighted by molar-refractivity contribution is 7.91. The molecule has 0 spiro atoms. The van der Waals surface area contributed by atoms with Gasteiger partial charge in [-0.25, -0.2) is 8.42 Å². The third-order valence-corrected chi connectivity index (χ3v) is 5.70. The molecule has 0 amide bonds. The van der Waals surface area contributed by atoms with Crippen LogP contribution in [-0.2, 0) is 14.6 Å². The fourth-order valence-electron chi connectivity index (χ4n) is 2.62. The Kier molecular flexibility index (Phi) is 3.94. The third-order valence-electron chi connectivity index (χ3n) is 3.95. The van der Waals surface area contributed by atoms with Gasteiger partial charge < -0.3 is 14.5 Å². The van der Waals surface area contributed by atoms with Crippen molar-refractivity contribution in [3.63, 3.8) is 0 Å². The molecule has 0 N–H and O–H groups in total. The molecule has 8 nitrogen and oxygen atoms in total. The van der Waals surface area contributed by atoms with Crippen LogP contribution in [-0.4, -0.2) is 74.5 Å². The maximum Gasteiger partial charge on any atom is 0.247 e. The van der Waals surface area contributed by atoms with E-state index in [9.17, 15) is 8.42 Å². The Bertz CT molecular complexity index is 603. The molecule has 3 rings (SSSR count). The van der Waals surface area contributed by atoms with Gasteiger partial charge in [0, 0.05) is 26.2 Å². The van der Waals surface area contributed by atoms with Crippen molar-refractivity contribution in [2.75, 3.05) is 54.7 Å². The molecule has 1 unspecified atom stereocenters. The lowest BCUT2D eigenvalue weighted by atomic mass is 10.2. The summed E-state index contributed by atoms with van der Waals surface area (Å²) >= 11 is 0. The highest BCUT2D eigenvalue weighted by Crippen LogP contribution is 2.22. The molecular formula is C12H19N5O3S. The minimum absolute atomic E-state index is 0.0377. The lowest BCUT2D eigenvalue weighted by molar-refractivity contribution is 0.122. The number of morpholine rings is 1. The molecule has 2 aliphatic rings. The molecule has 0 radical (unpaired) electrons. The van der Waals surface area contributed by atoms with Crippen LogP contribution in [0.25, 0.3) is 0 Å². The first kappa shape index (κ1) is 14.5. The van der Waals surface area contributed by atoms with Gasteiger partial charge in [-0.05, 0) is 6.42 Å². The van der Waals surface area contributed by atoms with Gasteiger partial charge in [-0.3, -0.25) is 0 Å². The van der Waals surface area contributed by atoms with Gasteiger partial charge in [-0.1, -0.05) is 0 Å². The van der Waals surface area contributed by atoms with Crippen molar-refractivity contribution in [2.24, 2.45) is 0 Å². The molecule has 9 heteroatoms. The van der Waals surface area contributed by atoms with Gasteiger partial charge in [0.2, 0.25) is 5.95 Å². The lowest BCUT2D eigenvalue weighted by Gasteiger charge is -2.28. The van der Waals surface area contributed by atoms with Crippen molar-refractivity contribution in [3.05, 3.63) is 6.20 Å². The number of nitrogens with zero attached hydrogens (tertiary/aromatic N) is 5. The van der Waals surface area contributed by atoms with Crippen molar-refractivity contribution in [1.82, 2.24) is 15.2 Å². The third kappa shape index (κ3) is 3.24. The molecule has 2 fully saturated rings. The van der Waals surface area contributed by atoms with Crippen LogP contribution in [0, 0.1) is 0 Å². The summed E-state index contributed by atoms with van der Waals surface area (Å²) in [5.74, 6) is 1.66. The predicted molar refractivity (Wildman–Crippen MR) is 78.3 cm³/mol. The Labute approximate surface area is 124 Å². The lowest BCUT2D eigenvalue weighted by Crippen LogP contribution is -2.38. The van der Waals surface area contributed by atoms with Gasteiger partial charge in [-0.2, -0.15) is 10.1 Å². The second-order valence-electron chi connectivity index (χ2n) is 5.38. The first-order chi connectivity index (χ1) is 10.1. The Balaban J connectivity index is 1.76. The molecule has 21 heavy (non-hydrogen) atoms. The van der Waals surface area contributed by atoms with Gasteiger partial charge in [0.1, 0.15) is 0 Å². The molecule has 116 valence electrons. The largest absolute Gasteiger partial charge is 0.378 e. The Morgan fingerprint density at radius 2 is 2.14 bits per heavy atom. The highest BCUT2D eigenvalue weighted by Gasteiger charge is 2.31. The summed E-state index contributed by atoms with van der Waals surface area (Å²) in [6, 6.07) is -0.0377. The van der Waals surface area contributed by atoms with Crippen molar-refractivity contribution < 1.29 is 13.2 Å².